The molecule has 2 N–H and O–H groups in total. The maximum absolute atomic E-state index is 11.8. The number of anilines is 1. The lowest BCUT2D eigenvalue weighted by Crippen LogP contribution is -2.10. The van der Waals surface area contributed by atoms with Crippen LogP contribution in [0.4, 0.5) is 5.82 Å². The van der Waals surface area contributed by atoms with E-state index >= 15 is 0 Å². The van der Waals surface area contributed by atoms with Crippen molar-refractivity contribution in [1.29, 1.82) is 0 Å². The van der Waals surface area contributed by atoms with Gasteiger partial charge in [0.2, 0.25) is 0 Å². The number of hydrogen-bond donors (Lipinski definition) is 1. The Morgan fingerprint density at radius 3 is 2.81 bits per heavy atom. The molecule has 1 aromatic carbocycles. The van der Waals surface area contributed by atoms with Gasteiger partial charge in [-0.15, -0.1) is 0 Å². The zero-order valence-electron chi connectivity index (χ0n) is 12.0. The Bertz CT molecular complexity index is 682. The first kappa shape index (κ1) is 15.2. The van der Waals surface area contributed by atoms with Gasteiger partial charge >= 0.3 is 5.97 Å². The normalized spacial score (nSPS) is 10.5. The van der Waals surface area contributed by atoms with Gasteiger partial charge in [0.15, 0.2) is 5.69 Å². The zero-order chi connectivity index (χ0) is 15.6. The Kier molecular flexibility index (Phi) is 4.37. The lowest BCUT2D eigenvalue weighted by Gasteiger charge is -2.12. The van der Waals surface area contributed by atoms with Crippen molar-refractivity contribution in [3.05, 3.63) is 34.7 Å². The molecule has 0 atom stereocenters. The molecule has 0 spiro atoms. The van der Waals surface area contributed by atoms with Crippen molar-refractivity contribution in [2.75, 3.05) is 19.5 Å². The van der Waals surface area contributed by atoms with E-state index in [1.54, 1.807) is 43.7 Å². The summed E-state index contributed by atoms with van der Waals surface area (Å²) in [5.74, 6) is 0.738. The summed E-state index contributed by atoms with van der Waals surface area (Å²) in [4.78, 5) is 16.0. The lowest BCUT2D eigenvalue weighted by atomic mass is 10.2. The number of rotatable bonds is 4. The van der Waals surface area contributed by atoms with Crippen molar-refractivity contribution in [1.82, 2.24) is 9.55 Å². The summed E-state index contributed by atoms with van der Waals surface area (Å²) in [5.41, 5.74) is 6.74. The molecule has 2 rings (SSSR count). The molecule has 21 heavy (non-hydrogen) atoms. The van der Waals surface area contributed by atoms with E-state index in [1.807, 2.05) is 0 Å². The van der Waals surface area contributed by atoms with Crippen LogP contribution in [0.2, 0.25) is 5.02 Å². The largest absolute Gasteiger partial charge is 0.495 e. The molecular formula is C14H16ClN3O3. The van der Waals surface area contributed by atoms with E-state index in [2.05, 4.69) is 4.98 Å². The second-order valence-electron chi connectivity index (χ2n) is 4.26. The molecule has 0 aliphatic rings. The van der Waals surface area contributed by atoms with Gasteiger partial charge in [0.1, 0.15) is 17.4 Å². The molecule has 0 radical (unpaired) electrons. The van der Waals surface area contributed by atoms with Crippen molar-refractivity contribution in [2.24, 2.45) is 0 Å². The van der Waals surface area contributed by atoms with Gasteiger partial charge < -0.3 is 15.2 Å². The number of nitrogen functional groups attached to an aromatic ring is 1. The fourth-order valence-corrected chi connectivity index (χ4v) is 2.21. The molecule has 0 fully saturated rings. The number of imidazole rings is 1. The molecule has 0 unspecified atom stereocenters. The standard InChI is InChI=1S/C14H16ClN3O3/c1-4-21-14(19)12-13(16)18(8(2)17-12)10-7-9(15)5-6-11(10)20-3/h5-7H,4,16H2,1-3H3. The summed E-state index contributed by atoms with van der Waals surface area (Å²) in [7, 11) is 1.54. The first-order valence-electron chi connectivity index (χ1n) is 6.35. The van der Waals surface area contributed by atoms with Crippen LogP contribution in [0.1, 0.15) is 23.2 Å². The highest BCUT2D eigenvalue weighted by molar-refractivity contribution is 6.30. The third-order valence-corrected chi connectivity index (χ3v) is 3.17. The Morgan fingerprint density at radius 2 is 2.19 bits per heavy atom. The number of carbonyl (C=O) groups is 1. The van der Waals surface area contributed by atoms with Crippen LogP contribution in [0.3, 0.4) is 0 Å². The first-order valence-corrected chi connectivity index (χ1v) is 6.73. The van der Waals surface area contributed by atoms with E-state index in [-0.39, 0.29) is 18.1 Å². The molecule has 6 nitrogen and oxygen atoms in total. The number of halogens is 1. The topological polar surface area (TPSA) is 79.4 Å². The summed E-state index contributed by atoms with van der Waals surface area (Å²) < 4.78 is 11.9. The fourth-order valence-electron chi connectivity index (χ4n) is 2.04. The highest BCUT2D eigenvalue weighted by atomic mass is 35.5. The van der Waals surface area contributed by atoms with Crippen LogP contribution in [0.25, 0.3) is 5.69 Å². The molecule has 0 amide bonds. The number of hydrogen-bond acceptors (Lipinski definition) is 5. The highest BCUT2D eigenvalue weighted by Gasteiger charge is 2.22. The summed E-state index contributed by atoms with van der Waals surface area (Å²) in [6.07, 6.45) is 0. The molecule has 2 aromatic rings. The lowest BCUT2D eigenvalue weighted by molar-refractivity contribution is 0.0521. The summed E-state index contributed by atoms with van der Waals surface area (Å²) in [6, 6.07) is 5.12. The molecular weight excluding hydrogens is 294 g/mol. The van der Waals surface area contributed by atoms with Crippen LogP contribution in [0.5, 0.6) is 5.75 Å². The average Bonchev–Trinajstić information content (AvgIpc) is 2.74. The summed E-state index contributed by atoms with van der Waals surface area (Å²) in [5, 5.41) is 0.524. The summed E-state index contributed by atoms with van der Waals surface area (Å²) >= 11 is 6.03. The van der Waals surface area contributed by atoms with Crippen LogP contribution in [0, 0.1) is 6.92 Å². The van der Waals surface area contributed by atoms with Gasteiger partial charge in [0.05, 0.1) is 19.4 Å². The number of esters is 1. The number of benzene rings is 1. The Labute approximate surface area is 127 Å². The first-order chi connectivity index (χ1) is 9.99. The van der Waals surface area contributed by atoms with E-state index in [0.717, 1.165) is 0 Å². The van der Waals surface area contributed by atoms with Gasteiger partial charge in [-0.2, -0.15) is 0 Å². The zero-order valence-corrected chi connectivity index (χ0v) is 12.8. The Balaban J connectivity index is 2.60. The van der Waals surface area contributed by atoms with Crippen LogP contribution in [0.15, 0.2) is 18.2 Å². The number of nitrogens with zero attached hydrogens (tertiary/aromatic N) is 2. The van der Waals surface area contributed by atoms with E-state index in [1.165, 1.54) is 0 Å². The maximum Gasteiger partial charge on any atom is 0.360 e. The van der Waals surface area contributed by atoms with Crippen molar-refractivity contribution in [3.63, 3.8) is 0 Å². The van der Waals surface area contributed by atoms with E-state index < -0.39 is 5.97 Å². The van der Waals surface area contributed by atoms with Crippen LogP contribution >= 0.6 is 11.6 Å². The van der Waals surface area contributed by atoms with Gasteiger partial charge in [-0.3, -0.25) is 4.57 Å². The molecule has 0 saturated carbocycles. The third kappa shape index (κ3) is 2.80. The molecule has 1 aromatic heterocycles. The van der Waals surface area contributed by atoms with Crippen molar-refractivity contribution in [3.8, 4) is 11.4 Å². The molecule has 7 heteroatoms. The van der Waals surface area contributed by atoms with Gasteiger partial charge in [-0.1, -0.05) is 11.6 Å². The van der Waals surface area contributed by atoms with Gasteiger partial charge in [0, 0.05) is 5.02 Å². The van der Waals surface area contributed by atoms with Crippen molar-refractivity contribution >= 4 is 23.4 Å². The van der Waals surface area contributed by atoms with Crippen molar-refractivity contribution < 1.29 is 14.3 Å². The quantitative estimate of drug-likeness (QED) is 0.878. The number of carbonyl (C=O) groups excluding carboxylic acids is 1. The molecule has 0 aliphatic carbocycles. The number of methoxy groups -OCH3 is 1. The SMILES string of the molecule is CCOC(=O)c1nc(C)n(-c2cc(Cl)ccc2OC)c1N. The minimum absolute atomic E-state index is 0.0800. The number of aryl methyl sites for hydroxylation is 1. The second kappa shape index (κ2) is 6.05. The minimum Gasteiger partial charge on any atom is -0.495 e. The van der Waals surface area contributed by atoms with Crippen LogP contribution < -0.4 is 10.5 Å². The minimum atomic E-state index is -0.558. The van der Waals surface area contributed by atoms with E-state index in [9.17, 15) is 4.79 Å². The third-order valence-electron chi connectivity index (χ3n) is 2.93. The second-order valence-corrected chi connectivity index (χ2v) is 4.70. The number of nitrogens with two attached hydrogens (primary N) is 1. The summed E-state index contributed by atoms with van der Waals surface area (Å²) in [6.45, 7) is 3.71. The fraction of sp³-hybridized carbons (Fsp3) is 0.286. The predicted octanol–water partition coefficient (Wildman–Crippen LogP) is 2.60. The smallest absolute Gasteiger partial charge is 0.360 e. The number of ether oxygens (including phenoxy) is 2. The van der Waals surface area contributed by atoms with Crippen LogP contribution in [-0.4, -0.2) is 29.2 Å². The molecule has 1 heterocycles. The van der Waals surface area contributed by atoms with E-state index in [0.29, 0.717) is 22.3 Å². The molecule has 0 aliphatic heterocycles. The average molecular weight is 310 g/mol. The van der Waals surface area contributed by atoms with Crippen molar-refractivity contribution in [2.45, 2.75) is 13.8 Å². The Hall–Kier alpha value is -2.21. The molecule has 112 valence electrons. The monoisotopic (exact) mass is 309 g/mol. The maximum atomic E-state index is 11.8. The number of aromatic nitrogens is 2. The van der Waals surface area contributed by atoms with Gasteiger partial charge in [-0.25, -0.2) is 9.78 Å². The van der Waals surface area contributed by atoms with Gasteiger partial charge in [0.25, 0.3) is 0 Å². The molecule has 0 saturated heterocycles. The highest BCUT2D eigenvalue weighted by Crippen LogP contribution is 2.30. The Morgan fingerprint density at radius 1 is 1.48 bits per heavy atom. The van der Waals surface area contributed by atoms with E-state index in [4.69, 9.17) is 26.8 Å². The van der Waals surface area contributed by atoms with Crippen LogP contribution in [-0.2, 0) is 4.74 Å². The van der Waals surface area contributed by atoms with Gasteiger partial charge in [-0.05, 0) is 32.0 Å². The molecule has 0 bridgehead atoms. The predicted molar refractivity (Wildman–Crippen MR) is 80.2 cm³/mol.